The molecule has 0 bridgehead atoms. The summed E-state index contributed by atoms with van der Waals surface area (Å²) in [7, 11) is 0. The van der Waals surface area contributed by atoms with Gasteiger partial charge < -0.3 is 13.7 Å². The monoisotopic (exact) mass is 300 g/mol. The fraction of sp³-hybridized carbons (Fsp3) is 0.529. The average molecular weight is 300 g/mol. The highest BCUT2D eigenvalue weighted by Crippen LogP contribution is 2.51. The molecule has 2 aromatic heterocycles. The van der Waals surface area contributed by atoms with Crippen molar-refractivity contribution < 1.29 is 13.6 Å². The van der Waals surface area contributed by atoms with E-state index in [0.717, 1.165) is 19.5 Å². The van der Waals surface area contributed by atoms with Crippen molar-refractivity contribution in [3.8, 4) is 11.5 Å². The fourth-order valence-corrected chi connectivity index (χ4v) is 3.86. The van der Waals surface area contributed by atoms with Crippen LogP contribution >= 0.6 is 0 Å². The highest BCUT2D eigenvalue weighted by molar-refractivity contribution is 5.97. The van der Waals surface area contributed by atoms with Gasteiger partial charge in [0.1, 0.15) is 0 Å². The molecule has 2 fully saturated rings. The van der Waals surface area contributed by atoms with Crippen molar-refractivity contribution in [1.29, 1.82) is 0 Å². The lowest BCUT2D eigenvalue weighted by atomic mass is 9.59. The molecule has 1 saturated carbocycles. The highest BCUT2D eigenvalue weighted by Gasteiger charge is 2.46. The Labute approximate surface area is 129 Å². The summed E-state index contributed by atoms with van der Waals surface area (Å²) in [6.07, 6.45) is 7.71. The predicted octanol–water partition coefficient (Wildman–Crippen LogP) is 3.59. The molecule has 5 heteroatoms. The van der Waals surface area contributed by atoms with Gasteiger partial charge in [-0.3, -0.25) is 4.79 Å². The number of nitrogens with zero attached hydrogens (tertiary/aromatic N) is 2. The first kappa shape index (κ1) is 13.6. The van der Waals surface area contributed by atoms with Gasteiger partial charge in [-0.15, -0.1) is 0 Å². The molecule has 1 spiro atoms. The largest absolute Gasteiger partial charge is 0.461 e. The minimum atomic E-state index is -0.0432. The van der Waals surface area contributed by atoms with Gasteiger partial charge in [-0.1, -0.05) is 13.3 Å². The SMILES string of the molecule is C[C@H]1CCN(C(=O)c2ncoc2-c2ccco2)CC12CCC2. The molecular weight excluding hydrogens is 280 g/mol. The molecule has 3 heterocycles. The lowest BCUT2D eigenvalue weighted by Gasteiger charge is -2.53. The minimum absolute atomic E-state index is 0.0432. The van der Waals surface area contributed by atoms with Crippen molar-refractivity contribution in [3.63, 3.8) is 0 Å². The van der Waals surface area contributed by atoms with Crippen LogP contribution in [0.15, 0.2) is 33.6 Å². The van der Waals surface area contributed by atoms with Crippen LogP contribution in [0, 0.1) is 11.3 Å². The molecule has 0 aromatic carbocycles. The standard InChI is InChI=1S/C17H20N2O3/c1-12-5-8-19(10-17(12)6-3-7-17)16(20)14-15(22-11-18-14)13-4-2-9-21-13/h2,4,9,11-12H,3,5-8,10H2,1H3/t12-/m0/s1. The Kier molecular flexibility index (Phi) is 3.10. The Morgan fingerprint density at radius 2 is 2.27 bits per heavy atom. The predicted molar refractivity (Wildman–Crippen MR) is 80.2 cm³/mol. The van der Waals surface area contributed by atoms with Gasteiger partial charge in [0.05, 0.1) is 6.26 Å². The van der Waals surface area contributed by atoms with Gasteiger partial charge >= 0.3 is 0 Å². The van der Waals surface area contributed by atoms with Gasteiger partial charge in [0.25, 0.3) is 5.91 Å². The number of furan rings is 1. The van der Waals surface area contributed by atoms with Crippen molar-refractivity contribution in [2.45, 2.75) is 32.6 Å². The summed E-state index contributed by atoms with van der Waals surface area (Å²) in [5, 5.41) is 0. The summed E-state index contributed by atoms with van der Waals surface area (Å²) in [5.74, 6) is 1.63. The van der Waals surface area contributed by atoms with Gasteiger partial charge in [0.2, 0.25) is 5.76 Å². The molecule has 4 rings (SSSR count). The van der Waals surface area contributed by atoms with Crippen molar-refractivity contribution in [3.05, 3.63) is 30.5 Å². The van der Waals surface area contributed by atoms with Gasteiger partial charge in [0.15, 0.2) is 17.8 Å². The maximum absolute atomic E-state index is 12.9. The number of hydrogen-bond donors (Lipinski definition) is 0. The maximum atomic E-state index is 12.9. The summed E-state index contributed by atoms with van der Waals surface area (Å²) in [6.45, 7) is 3.97. The highest BCUT2D eigenvalue weighted by atomic mass is 16.4. The number of aromatic nitrogens is 1. The Balaban J connectivity index is 1.59. The average Bonchev–Trinajstić information content (AvgIpc) is 3.16. The molecule has 1 aliphatic heterocycles. The topological polar surface area (TPSA) is 59.5 Å². The molecule has 1 aliphatic carbocycles. The third-order valence-electron chi connectivity index (χ3n) is 5.53. The van der Waals surface area contributed by atoms with Gasteiger partial charge in [-0.2, -0.15) is 0 Å². The molecule has 0 N–H and O–H groups in total. The van der Waals surface area contributed by atoms with E-state index in [4.69, 9.17) is 8.83 Å². The second kappa shape index (κ2) is 5.00. The van der Waals surface area contributed by atoms with Crippen LogP contribution in [0.5, 0.6) is 0 Å². The molecule has 1 atom stereocenters. The molecule has 1 saturated heterocycles. The summed E-state index contributed by atoms with van der Waals surface area (Å²) in [4.78, 5) is 19.0. The number of carbonyl (C=O) groups is 1. The van der Waals surface area contributed by atoms with Crippen LogP contribution in [0.25, 0.3) is 11.5 Å². The molecule has 2 aliphatic rings. The van der Waals surface area contributed by atoms with Crippen LogP contribution in [0.4, 0.5) is 0 Å². The molecule has 0 radical (unpaired) electrons. The van der Waals surface area contributed by atoms with Crippen molar-refractivity contribution >= 4 is 5.91 Å². The summed E-state index contributed by atoms with van der Waals surface area (Å²) in [6, 6.07) is 3.56. The molecule has 5 nitrogen and oxygen atoms in total. The summed E-state index contributed by atoms with van der Waals surface area (Å²) >= 11 is 0. The Bertz CT molecular complexity index is 670. The Hall–Kier alpha value is -2.04. The van der Waals surface area contributed by atoms with Crippen LogP contribution in [0.2, 0.25) is 0 Å². The second-order valence-corrected chi connectivity index (χ2v) is 6.64. The lowest BCUT2D eigenvalue weighted by molar-refractivity contribution is -0.0209. The first-order valence-corrected chi connectivity index (χ1v) is 7.96. The number of amides is 1. The Morgan fingerprint density at radius 1 is 1.41 bits per heavy atom. The minimum Gasteiger partial charge on any atom is -0.461 e. The van der Waals surface area contributed by atoms with Gasteiger partial charge in [0, 0.05) is 13.1 Å². The normalized spacial score (nSPS) is 23.5. The van der Waals surface area contributed by atoms with E-state index in [2.05, 4.69) is 11.9 Å². The molecular formula is C17H20N2O3. The number of likely N-dealkylation sites (tertiary alicyclic amines) is 1. The smallest absolute Gasteiger partial charge is 0.276 e. The zero-order valence-electron chi connectivity index (χ0n) is 12.7. The lowest BCUT2D eigenvalue weighted by Crippen LogP contribution is -2.53. The summed E-state index contributed by atoms with van der Waals surface area (Å²) < 4.78 is 10.7. The van der Waals surface area contributed by atoms with E-state index in [1.165, 1.54) is 25.7 Å². The third-order valence-corrected chi connectivity index (χ3v) is 5.53. The molecule has 0 unspecified atom stereocenters. The quantitative estimate of drug-likeness (QED) is 0.850. The Morgan fingerprint density at radius 3 is 2.95 bits per heavy atom. The third kappa shape index (κ3) is 1.99. The zero-order valence-corrected chi connectivity index (χ0v) is 12.7. The number of hydrogen-bond acceptors (Lipinski definition) is 4. The van der Waals surface area contributed by atoms with E-state index < -0.39 is 0 Å². The van der Waals surface area contributed by atoms with Crippen LogP contribution in [0.1, 0.15) is 43.1 Å². The van der Waals surface area contributed by atoms with E-state index >= 15 is 0 Å². The zero-order chi connectivity index (χ0) is 15.2. The van der Waals surface area contributed by atoms with Crippen LogP contribution in [0.3, 0.4) is 0 Å². The molecule has 22 heavy (non-hydrogen) atoms. The molecule has 116 valence electrons. The van der Waals surface area contributed by atoms with Crippen molar-refractivity contribution in [2.75, 3.05) is 13.1 Å². The number of oxazole rings is 1. The van der Waals surface area contributed by atoms with Gasteiger partial charge in [-0.05, 0) is 42.7 Å². The van der Waals surface area contributed by atoms with E-state index in [-0.39, 0.29) is 5.91 Å². The fourth-order valence-electron chi connectivity index (χ4n) is 3.86. The van der Waals surface area contributed by atoms with Crippen LogP contribution in [-0.4, -0.2) is 28.9 Å². The number of rotatable bonds is 2. The van der Waals surface area contributed by atoms with Crippen molar-refractivity contribution in [2.24, 2.45) is 11.3 Å². The van der Waals surface area contributed by atoms with Crippen LogP contribution in [-0.2, 0) is 0 Å². The van der Waals surface area contributed by atoms with Crippen molar-refractivity contribution in [1.82, 2.24) is 9.88 Å². The number of piperidine rings is 1. The number of carbonyl (C=O) groups excluding carboxylic acids is 1. The first-order valence-electron chi connectivity index (χ1n) is 7.96. The molecule has 1 amide bonds. The van der Waals surface area contributed by atoms with Crippen LogP contribution < -0.4 is 0 Å². The second-order valence-electron chi connectivity index (χ2n) is 6.64. The first-order chi connectivity index (χ1) is 10.7. The molecule has 2 aromatic rings. The van der Waals surface area contributed by atoms with E-state index in [1.807, 2.05) is 4.90 Å². The van der Waals surface area contributed by atoms with E-state index in [9.17, 15) is 4.79 Å². The van der Waals surface area contributed by atoms with E-state index in [1.54, 1.807) is 18.4 Å². The summed E-state index contributed by atoms with van der Waals surface area (Å²) in [5.41, 5.74) is 0.696. The maximum Gasteiger partial charge on any atom is 0.276 e. The van der Waals surface area contributed by atoms with Gasteiger partial charge in [-0.25, -0.2) is 4.98 Å². The van der Waals surface area contributed by atoms with E-state index in [0.29, 0.717) is 28.5 Å².